The Labute approximate surface area is 146 Å². The molecule has 1 fully saturated rings. The molecule has 25 heavy (non-hydrogen) atoms. The number of imidazole rings is 1. The standard InChI is InChI=1S/C21H18FN3/c22-17-9-8-16-12-20(15-6-7-15)25(18-4-2-1-3-5-18)21(19(16)13-17)24-11-10-23-14-24/h1-5,8-15,21H,6-7H2. The van der Waals surface area contributed by atoms with Crippen molar-refractivity contribution in [2.24, 2.45) is 5.92 Å². The third-order valence-electron chi connectivity index (χ3n) is 4.99. The van der Waals surface area contributed by atoms with E-state index >= 15 is 0 Å². The van der Waals surface area contributed by atoms with Crippen LogP contribution in [0.2, 0.25) is 0 Å². The van der Waals surface area contributed by atoms with Gasteiger partial charge in [-0.3, -0.25) is 0 Å². The van der Waals surface area contributed by atoms with Gasteiger partial charge in [-0.15, -0.1) is 0 Å². The van der Waals surface area contributed by atoms with Gasteiger partial charge in [0.2, 0.25) is 0 Å². The summed E-state index contributed by atoms with van der Waals surface area (Å²) < 4.78 is 16.1. The predicted molar refractivity (Wildman–Crippen MR) is 96.4 cm³/mol. The van der Waals surface area contributed by atoms with Gasteiger partial charge in [0.15, 0.2) is 0 Å². The summed E-state index contributed by atoms with van der Waals surface area (Å²) >= 11 is 0. The molecule has 0 amide bonds. The molecule has 0 bridgehead atoms. The van der Waals surface area contributed by atoms with Crippen molar-refractivity contribution < 1.29 is 4.39 Å². The van der Waals surface area contributed by atoms with Gasteiger partial charge in [0.1, 0.15) is 12.0 Å². The van der Waals surface area contributed by atoms with Crippen molar-refractivity contribution in [1.29, 1.82) is 0 Å². The highest BCUT2D eigenvalue weighted by Gasteiger charge is 2.38. The summed E-state index contributed by atoms with van der Waals surface area (Å²) in [7, 11) is 0. The molecule has 1 aliphatic carbocycles. The van der Waals surface area contributed by atoms with Crippen molar-refractivity contribution >= 4 is 11.8 Å². The fourth-order valence-electron chi connectivity index (χ4n) is 3.69. The number of anilines is 1. The Morgan fingerprint density at radius 1 is 1.04 bits per heavy atom. The molecule has 3 nitrogen and oxygen atoms in total. The number of hydrogen-bond donors (Lipinski definition) is 0. The quantitative estimate of drug-likeness (QED) is 0.685. The Morgan fingerprint density at radius 2 is 1.88 bits per heavy atom. The monoisotopic (exact) mass is 331 g/mol. The summed E-state index contributed by atoms with van der Waals surface area (Å²) in [5.41, 5.74) is 4.48. The Kier molecular flexibility index (Phi) is 3.23. The van der Waals surface area contributed by atoms with E-state index in [-0.39, 0.29) is 12.0 Å². The van der Waals surface area contributed by atoms with Crippen LogP contribution in [-0.2, 0) is 0 Å². The van der Waals surface area contributed by atoms with E-state index in [9.17, 15) is 4.39 Å². The van der Waals surface area contributed by atoms with E-state index in [4.69, 9.17) is 0 Å². The summed E-state index contributed by atoms with van der Waals surface area (Å²) in [5.74, 6) is 0.365. The third-order valence-corrected chi connectivity index (χ3v) is 4.99. The SMILES string of the molecule is Fc1ccc2c(c1)C(n1ccnc1)N(c1ccccc1)C(C1CC1)=C2. The molecule has 1 unspecified atom stereocenters. The first-order chi connectivity index (χ1) is 12.3. The zero-order valence-electron chi connectivity index (χ0n) is 13.7. The lowest BCUT2D eigenvalue weighted by molar-refractivity contribution is 0.548. The maximum absolute atomic E-state index is 14.0. The lowest BCUT2D eigenvalue weighted by Crippen LogP contribution is -2.36. The number of allylic oxidation sites excluding steroid dienone is 1. The van der Waals surface area contributed by atoms with Gasteiger partial charge >= 0.3 is 0 Å². The number of benzene rings is 2. The van der Waals surface area contributed by atoms with Crippen LogP contribution < -0.4 is 4.90 Å². The van der Waals surface area contributed by atoms with Crippen molar-refractivity contribution in [2.75, 3.05) is 4.90 Å². The molecule has 2 aliphatic rings. The molecule has 1 aliphatic heterocycles. The summed E-state index contributed by atoms with van der Waals surface area (Å²) in [6.45, 7) is 0. The third kappa shape index (κ3) is 2.45. The average molecular weight is 331 g/mol. The van der Waals surface area contributed by atoms with Crippen LogP contribution in [0.25, 0.3) is 6.08 Å². The van der Waals surface area contributed by atoms with Gasteiger partial charge in [-0.25, -0.2) is 9.37 Å². The molecule has 2 heterocycles. The molecule has 0 spiro atoms. The van der Waals surface area contributed by atoms with E-state index in [1.807, 2.05) is 36.8 Å². The van der Waals surface area contributed by atoms with Gasteiger partial charge in [-0.05, 0) is 54.7 Å². The Morgan fingerprint density at radius 3 is 2.60 bits per heavy atom. The minimum atomic E-state index is -0.208. The van der Waals surface area contributed by atoms with E-state index in [2.05, 4.69) is 32.7 Å². The molecule has 0 saturated heterocycles. The first kappa shape index (κ1) is 14.5. The molecule has 0 radical (unpaired) electrons. The smallest absolute Gasteiger partial charge is 0.137 e. The van der Waals surface area contributed by atoms with E-state index < -0.39 is 0 Å². The zero-order chi connectivity index (χ0) is 16.8. The number of aromatic nitrogens is 2. The Balaban J connectivity index is 1.76. The summed E-state index contributed by atoms with van der Waals surface area (Å²) in [4.78, 5) is 6.56. The van der Waals surface area contributed by atoms with Crippen LogP contribution >= 0.6 is 0 Å². The number of para-hydroxylation sites is 1. The van der Waals surface area contributed by atoms with Gasteiger partial charge in [-0.1, -0.05) is 24.3 Å². The van der Waals surface area contributed by atoms with Crippen LogP contribution in [0.15, 0.2) is 72.9 Å². The molecule has 4 heteroatoms. The molecule has 1 atom stereocenters. The number of nitrogens with zero attached hydrogens (tertiary/aromatic N) is 3. The highest BCUT2D eigenvalue weighted by molar-refractivity contribution is 5.71. The van der Waals surface area contributed by atoms with Crippen LogP contribution in [0.4, 0.5) is 10.1 Å². The maximum Gasteiger partial charge on any atom is 0.137 e. The Hall–Kier alpha value is -2.88. The van der Waals surface area contributed by atoms with Gasteiger partial charge in [-0.2, -0.15) is 0 Å². The minimum absolute atomic E-state index is 0.129. The van der Waals surface area contributed by atoms with Crippen LogP contribution in [0.3, 0.4) is 0 Å². The molecule has 1 saturated carbocycles. The van der Waals surface area contributed by atoms with E-state index in [1.54, 1.807) is 18.3 Å². The lowest BCUT2D eigenvalue weighted by atomic mass is 9.95. The van der Waals surface area contributed by atoms with Gasteiger partial charge in [0, 0.05) is 29.3 Å². The van der Waals surface area contributed by atoms with E-state index in [0.29, 0.717) is 5.92 Å². The molecular weight excluding hydrogens is 313 g/mol. The normalized spacial score (nSPS) is 19.5. The summed E-state index contributed by atoms with van der Waals surface area (Å²) in [5, 5.41) is 0. The summed E-state index contributed by atoms with van der Waals surface area (Å²) in [6.07, 6.45) is 10.1. The highest BCUT2D eigenvalue weighted by Crippen LogP contribution is 2.47. The van der Waals surface area contributed by atoms with Crippen LogP contribution in [-0.4, -0.2) is 9.55 Å². The second-order valence-corrected chi connectivity index (χ2v) is 6.71. The first-order valence-corrected chi connectivity index (χ1v) is 8.64. The minimum Gasteiger partial charge on any atom is -0.320 e. The number of fused-ring (bicyclic) bond motifs is 1. The average Bonchev–Trinajstić information content (AvgIpc) is 3.35. The van der Waals surface area contributed by atoms with Crippen LogP contribution in [0, 0.1) is 11.7 Å². The molecule has 3 aromatic rings. The number of rotatable bonds is 3. The summed E-state index contributed by atoms with van der Waals surface area (Å²) in [6, 6.07) is 15.4. The van der Waals surface area contributed by atoms with E-state index in [1.165, 1.54) is 18.5 Å². The van der Waals surface area contributed by atoms with Crippen LogP contribution in [0.1, 0.15) is 30.1 Å². The van der Waals surface area contributed by atoms with E-state index in [0.717, 1.165) is 16.8 Å². The predicted octanol–water partition coefficient (Wildman–Crippen LogP) is 4.84. The Bertz CT molecular complexity index is 927. The molecule has 2 aromatic carbocycles. The molecule has 124 valence electrons. The number of hydrogen-bond acceptors (Lipinski definition) is 2. The zero-order valence-corrected chi connectivity index (χ0v) is 13.7. The van der Waals surface area contributed by atoms with Crippen LogP contribution in [0.5, 0.6) is 0 Å². The van der Waals surface area contributed by atoms with Crippen molar-refractivity contribution in [3.63, 3.8) is 0 Å². The number of halogens is 1. The molecule has 1 aromatic heterocycles. The second kappa shape index (κ2) is 5.59. The first-order valence-electron chi connectivity index (χ1n) is 8.64. The molecule has 0 N–H and O–H groups in total. The van der Waals surface area contributed by atoms with Gasteiger partial charge in [0.05, 0.1) is 6.33 Å². The van der Waals surface area contributed by atoms with Gasteiger partial charge in [0.25, 0.3) is 0 Å². The molecular formula is C21H18FN3. The van der Waals surface area contributed by atoms with Crippen molar-refractivity contribution in [1.82, 2.24) is 9.55 Å². The molecule has 5 rings (SSSR count). The maximum atomic E-state index is 14.0. The van der Waals surface area contributed by atoms with Crippen molar-refractivity contribution in [3.05, 3.63) is 89.9 Å². The fourth-order valence-corrected chi connectivity index (χ4v) is 3.69. The second-order valence-electron chi connectivity index (χ2n) is 6.71. The van der Waals surface area contributed by atoms with Crippen molar-refractivity contribution in [3.8, 4) is 0 Å². The van der Waals surface area contributed by atoms with Crippen molar-refractivity contribution in [2.45, 2.75) is 19.0 Å². The van der Waals surface area contributed by atoms with Gasteiger partial charge < -0.3 is 9.47 Å². The fraction of sp³-hybridized carbons (Fsp3) is 0.190. The highest BCUT2D eigenvalue weighted by atomic mass is 19.1. The topological polar surface area (TPSA) is 21.1 Å². The largest absolute Gasteiger partial charge is 0.320 e. The lowest BCUT2D eigenvalue weighted by Gasteiger charge is -2.40.